The molecule has 0 aliphatic heterocycles. The van der Waals surface area contributed by atoms with Crippen molar-refractivity contribution >= 4 is 0 Å². The van der Waals surface area contributed by atoms with Gasteiger partial charge in [-0.25, -0.2) is 0 Å². The monoisotopic (exact) mass is 139 g/mol. The van der Waals surface area contributed by atoms with Crippen molar-refractivity contribution in [2.75, 3.05) is 0 Å². The lowest BCUT2D eigenvalue weighted by Crippen LogP contribution is -2.38. The van der Waals surface area contributed by atoms with Crippen molar-refractivity contribution in [2.24, 2.45) is 5.73 Å². The zero-order valence-corrected chi connectivity index (χ0v) is 6.39. The van der Waals surface area contributed by atoms with Crippen LogP contribution in [-0.4, -0.2) is 10.6 Å². The molecular weight excluding hydrogens is 126 g/mol. The highest BCUT2D eigenvalue weighted by Gasteiger charge is 2.24. The largest absolute Gasteiger partial charge is 0.512 e. The standard InChI is InChI=1S/C8H13NO/c1-6-3-4-7(10)5-8(6,2)9/h3-4,10H,5,9H2,1-2H3. The van der Waals surface area contributed by atoms with Gasteiger partial charge in [0.25, 0.3) is 0 Å². The minimum atomic E-state index is -0.348. The van der Waals surface area contributed by atoms with Crippen LogP contribution in [-0.2, 0) is 0 Å². The Hall–Kier alpha value is -0.760. The van der Waals surface area contributed by atoms with Crippen molar-refractivity contribution in [3.8, 4) is 0 Å². The summed E-state index contributed by atoms with van der Waals surface area (Å²) in [4.78, 5) is 0. The van der Waals surface area contributed by atoms with Gasteiger partial charge in [0, 0.05) is 12.0 Å². The van der Waals surface area contributed by atoms with Gasteiger partial charge in [0.05, 0.1) is 5.76 Å². The van der Waals surface area contributed by atoms with Crippen LogP contribution in [0.2, 0.25) is 0 Å². The fraction of sp³-hybridized carbons (Fsp3) is 0.500. The summed E-state index contributed by atoms with van der Waals surface area (Å²) in [7, 11) is 0. The molecule has 0 fully saturated rings. The summed E-state index contributed by atoms with van der Waals surface area (Å²) in [6.07, 6.45) is 4.11. The van der Waals surface area contributed by atoms with E-state index in [0.29, 0.717) is 12.2 Å². The predicted octanol–water partition coefficient (Wildman–Crippen LogP) is 1.50. The van der Waals surface area contributed by atoms with Crippen LogP contribution in [0.1, 0.15) is 20.3 Å². The quantitative estimate of drug-likeness (QED) is 0.534. The zero-order chi connectivity index (χ0) is 7.78. The molecular formula is C8H13NO. The Labute approximate surface area is 61.0 Å². The minimum Gasteiger partial charge on any atom is -0.512 e. The van der Waals surface area contributed by atoms with E-state index >= 15 is 0 Å². The molecule has 1 atom stereocenters. The number of aliphatic hydroxyl groups excluding tert-OH is 1. The Morgan fingerprint density at radius 1 is 1.60 bits per heavy atom. The van der Waals surface area contributed by atoms with Gasteiger partial charge in [0.15, 0.2) is 0 Å². The van der Waals surface area contributed by atoms with Crippen LogP contribution < -0.4 is 5.73 Å². The van der Waals surface area contributed by atoms with E-state index in [9.17, 15) is 0 Å². The molecule has 0 saturated heterocycles. The third kappa shape index (κ3) is 1.21. The van der Waals surface area contributed by atoms with Crippen LogP contribution in [0.3, 0.4) is 0 Å². The Balaban J connectivity index is 2.89. The third-order valence-corrected chi connectivity index (χ3v) is 1.97. The van der Waals surface area contributed by atoms with E-state index in [4.69, 9.17) is 10.8 Å². The second-order valence-corrected chi connectivity index (χ2v) is 3.10. The van der Waals surface area contributed by atoms with Crippen LogP contribution in [0.25, 0.3) is 0 Å². The van der Waals surface area contributed by atoms with Crippen molar-refractivity contribution < 1.29 is 5.11 Å². The van der Waals surface area contributed by atoms with Crippen molar-refractivity contribution in [3.05, 3.63) is 23.5 Å². The molecule has 1 aliphatic rings. The van der Waals surface area contributed by atoms with Crippen LogP contribution in [0, 0.1) is 0 Å². The molecule has 56 valence electrons. The molecule has 0 radical (unpaired) electrons. The van der Waals surface area contributed by atoms with Gasteiger partial charge >= 0.3 is 0 Å². The maximum Gasteiger partial charge on any atom is 0.0944 e. The molecule has 1 rings (SSSR count). The number of nitrogens with two attached hydrogens (primary N) is 1. The first-order valence-electron chi connectivity index (χ1n) is 3.38. The average Bonchev–Trinajstić information content (AvgIpc) is 1.78. The topological polar surface area (TPSA) is 46.2 Å². The second-order valence-electron chi connectivity index (χ2n) is 3.10. The van der Waals surface area contributed by atoms with Crippen molar-refractivity contribution in [3.63, 3.8) is 0 Å². The number of hydrogen-bond acceptors (Lipinski definition) is 2. The van der Waals surface area contributed by atoms with Crippen LogP contribution in [0.5, 0.6) is 0 Å². The van der Waals surface area contributed by atoms with Gasteiger partial charge in [-0.2, -0.15) is 0 Å². The summed E-state index contributed by atoms with van der Waals surface area (Å²) >= 11 is 0. The highest BCUT2D eigenvalue weighted by Crippen LogP contribution is 2.24. The first kappa shape index (κ1) is 7.35. The van der Waals surface area contributed by atoms with Gasteiger partial charge in [0.2, 0.25) is 0 Å². The Bertz CT molecular complexity index is 201. The first-order valence-corrected chi connectivity index (χ1v) is 3.38. The Kier molecular flexibility index (Phi) is 1.57. The average molecular weight is 139 g/mol. The Morgan fingerprint density at radius 3 is 2.60 bits per heavy atom. The van der Waals surface area contributed by atoms with E-state index in [2.05, 4.69) is 0 Å². The van der Waals surface area contributed by atoms with Gasteiger partial charge in [-0.15, -0.1) is 0 Å². The van der Waals surface area contributed by atoms with E-state index in [1.165, 1.54) is 0 Å². The van der Waals surface area contributed by atoms with Gasteiger partial charge in [-0.05, 0) is 19.9 Å². The molecule has 0 heterocycles. The highest BCUT2D eigenvalue weighted by molar-refractivity contribution is 5.29. The molecule has 0 bridgehead atoms. The normalized spacial score (nSPS) is 33.1. The number of aliphatic hydroxyl groups is 1. The molecule has 0 amide bonds. The summed E-state index contributed by atoms with van der Waals surface area (Å²) in [5.41, 5.74) is 6.61. The minimum absolute atomic E-state index is 0.348. The summed E-state index contributed by atoms with van der Waals surface area (Å²) < 4.78 is 0. The maximum absolute atomic E-state index is 9.10. The Morgan fingerprint density at radius 2 is 2.20 bits per heavy atom. The number of allylic oxidation sites excluding steroid dienone is 2. The van der Waals surface area contributed by atoms with Crippen LogP contribution in [0.15, 0.2) is 23.5 Å². The molecule has 0 spiro atoms. The van der Waals surface area contributed by atoms with Gasteiger partial charge < -0.3 is 10.8 Å². The molecule has 3 N–H and O–H groups in total. The van der Waals surface area contributed by atoms with Crippen molar-refractivity contribution in [2.45, 2.75) is 25.8 Å². The highest BCUT2D eigenvalue weighted by atomic mass is 16.3. The first-order chi connectivity index (χ1) is 4.52. The third-order valence-electron chi connectivity index (χ3n) is 1.97. The van der Waals surface area contributed by atoms with E-state index in [1.807, 2.05) is 19.9 Å². The lowest BCUT2D eigenvalue weighted by molar-refractivity contribution is 0.347. The number of hydrogen-bond donors (Lipinski definition) is 2. The van der Waals surface area contributed by atoms with Gasteiger partial charge in [-0.3, -0.25) is 0 Å². The van der Waals surface area contributed by atoms with Crippen molar-refractivity contribution in [1.29, 1.82) is 0 Å². The van der Waals surface area contributed by atoms with E-state index in [1.54, 1.807) is 6.08 Å². The fourth-order valence-corrected chi connectivity index (χ4v) is 0.986. The van der Waals surface area contributed by atoms with E-state index in [0.717, 1.165) is 5.57 Å². The van der Waals surface area contributed by atoms with E-state index in [-0.39, 0.29) is 5.54 Å². The van der Waals surface area contributed by atoms with Crippen molar-refractivity contribution in [1.82, 2.24) is 0 Å². The molecule has 1 unspecified atom stereocenters. The molecule has 0 aromatic heterocycles. The molecule has 1 aliphatic carbocycles. The van der Waals surface area contributed by atoms with Gasteiger partial charge in [0.1, 0.15) is 0 Å². The number of rotatable bonds is 0. The second kappa shape index (κ2) is 2.13. The lowest BCUT2D eigenvalue weighted by Gasteiger charge is -2.27. The van der Waals surface area contributed by atoms with E-state index < -0.39 is 0 Å². The molecule has 0 saturated carbocycles. The maximum atomic E-state index is 9.10. The van der Waals surface area contributed by atoms with Gasteiger partial charge in [-0.1, -0.05) is 11.6 Å². The smallest absolute Gasteiger partial charge is 0.0944 e. The molecule has 2 heteroatoms. The summed E-state index contributed by atoms with van der Waals surface area (Å²) in [5.74, 6) is 0.371. The molecule has 10 heavy (non-hydrogen) atoms. The molecule has 2 nitrogen and oxygen atoms in total. The zero-order valence-electron chi connectivity index (χ0n) is 6.39. The summed E-state index contributed by atoms with van der Waals surface area (Å²) in [6.45, 7) is 3.89. The predicted molar refractivity (Wildman–Crippen MR) is 41.7 cm³/mol. The fourth-order valence-electron chi connectivity index (χ4n) is 0.986. The van der Waals surface area contributed by atoms with Crippen LogP contribution in [0.4, 0.5) is 0 Å². The lowest BCUT2D eigenvalue weighted by atomic mass is 9.86. The SMILES string of the molecule is CC1=CC=C(O)CC1(C)N. The summed E-state index contributed by atoms with van der Waals surface area (Å²) in [6, 6.07) is 0. The molecule has 0 aromatic carbocycles. The molecule has 0 aromatic rings. The van der Waals surface area contributed by atoms with Crippen LogP contribution >= 0.6 is 0 Å². The summed E-state index contributed by atoms with van der Waals surface area (Å²) in [5, 5.41) is 9.10.